The van der Waals surface area contributed by atoms with E-state index in [1.165, 1.54) is 13.0 Å². The van der Waals surface area contributed by atoms with Crippen LogP contribution in [0, 0.1) is 11.3 Å². The fourth-order valence-electron chi connectivity index (χ4n) is 2.58. The minimum atomic E-state index is -1.03. The molecule has 7 nitrogen and oxygen atoms in total. The minimum Gasteiger partial charge on any atom is -0.490 e. The Hall–Kier alpha value is -3.79. The van der Waals surface area contributed by atoms with E-state index in [1.54, 1.807) is 48.5 Å². The number of esters is 1. The lowest BCUT2D eigenvalue weighted by molar-refractivity contribution is -0.148. The van der Waals surface area contributed by atoms with Crippen LogP contribution in [0.2, 0.25) is 0 Å². The van der Waals surface area contributed by atoms with Gasteiger partial charge in [-0.25, -0.2) is 4.79 Å². The molecule has 2 aromatic carbocycles. The quantitative estimate of drug-likeness (QED) is 0.452. The molecule has 1 N–H and O–H groups in total. The number of para-hydroxylation sites is 1. The molecule has 162 valence electrons. The van der Waals surface area contributed by atoms with Gasteiger partial charge in [0.05, 0.1) is 24.5 Å². The molecule has 1 unspecified atom stereocenters. The standard InChI is InChI=1S/C24H26N2O5/c1-4-14-30-21-12-10-18(15-22(21)29-5-2)11-13-23(27)31-17(3)24(28)26-20-9-7-6-8-19(20)16-25/h6-13,15,17H,4-5,14H2,1-3H3,(H,26,28)/b13-11+. The summed E-state index contributed by atoms with van der Waals surface area (Å²) in [7, 11) is 0. The van der Waals surface area contributed by atoms with Gasteiger partial charge < -0.3 is 19.5 Å². The summed E-state index contributed by atoms with van der Waals surface area (Å²) in [5, 5.41) is 11.7. The first-order valence-electron chi connectivity index (χ1n) is 10.1. The predicted octanol–water partition coefficient (Wildman–Crippen LogP) is 4.33. The lowest BCUT2D eigenvalue weighted by Gasteiger charge is -2.13. The van der Waals surface area contributed by atoms with E-state index in [0.29, 0.717) is 36.0 Å². The van der Waals surface area contributed by atoms with Gasteiger partial charge in [-0.05, 0) is 56.2 Å². The maximum absolute atomic E-state index is 12.3. The van der Waals surface area contributed by atoms with Crippen LogP contribution < -0.4 is 14.8 Å². The molecule has 0 bridgehead atoms. The second kappa shape index (κ2) is 12.0. The Labute approximate surface area is 182 Å². The van der Waals surface area contributed by atoms with E-state index in [0.717, 1.165) is 12.0 Å². The van der Waals surface area contributed by atoms with Crippen molar-refractivity contribution in [1.82, 2.24) is 0 Å². The van der Waals surface area contributed by atoms with Crippen molar-refractivity contribution >= 4 is 23.6 Å². The molecule has 0 saturated carbocycles. The Morgan fingerprint density at radius 2 is 1.90 bits per heavy atom. The maximum atomic E-state index is 12.3. The molecule has 1 amide bonds. The van der Waals surface area contributed by atoms with Gasteiger partial charge in [0.2, 0.25) is 0 Å². The zero-order valence-corrected chi connectivity index (χ0v) is 17.9. The van der Waals surface area contributed by atoms with Gasteiger partial charge in [-0.15, -0.1) is 0 Å². The number of ether oxygens (including phenoxy) is 3. The van der Waals surface area contributed by atoms with Crippen LogP contribution in [-0.4, -0.2) is 31.2 Å². The van der Waals surface area contributed by atoms with Crippen molar-refractivity contribution in [2.75, 3.05) is 18.5 Å². The van der Waals surface area contributed by atoms with Gasteiger partial charge in [0, 0.05) is 6.08 Å². The molecule has 31 heavy (non-hydrogen) atoms. The van der Waals surface area contributed by atoms with Gasteiger partial charge in [0.1, 0.15) is 6.07 Å². The van der Waals surface area contributed by atoms with Crippen molar-refractivity contribution in [2.45, 2.75) is 33.3 Å². The molecular weight excluding hydrogens is 396 g/mol. The number of benzene rings is 2. The van der Waals surface area contributed by atoms with Crippen molar-refractivity contribution in [3.63, 3.8) is 0 Å². The van der Waals surface area contributed by atoms with Crippen molar-refractivity contribution in [3.05, 3.63) is 59.7 Å². The fourth-order valence-corrected chi connectivity index (χ4v) is 2.58. The van der Waals surface area contributed by atoms with Crippen LogP contribution in [-0.2, 0) is 14.3 Å². The van der Waals surface area contributed by atoms with E-state index >= 15 is 0 Å². The number of nitrogens with zero attached hydrogens (tertiary/aromatic N) is 1. The first-order chi connectivity index (χ1) is 15.0. The molecule has 0 aliphatic carbocycles. The summed E-state index contributed by atoms with van der Waals surface area (Å²) in [4.78, 5) is 24.4. The lowest BCUT2D eigenvalue weighted by atomic mass is 10.2. The third-order valence-electron chi connectivity index (χ3n) is 4.11. The molecule has 0 spiro atoms. The van der Waals surface area contributed by atoms with E-state index < -0.39 is 18.0 Å². The summed E-state index contributed by atoms with van der Waals surface area (Å²) in [5.74, 6) is 0.0442. The third-order valence-corrected chi connectivity index (χ3v) is 4.11. The highest BCUT2D eigenvalue weighted by Gasteiger charge is 2.18. The number of nitriles is 1. The van der Waals surface area contributed by atoms with Gasteiger partial charge in [-0.2, -0.15) is 5.26 Å². The van der Waals surface area contributed by atoms with Crippen molar-refractivity contribution in [2.24, 2.45) is 0 Å². The summed E-state index contributed by atoms with van der Waals surface area (Å²) < 4.78 is 16.4. The van der Waals surface area contributed by atoms with Gasteiger partial charge in [-0.1, -0.05) is 25.1 Å². The molecule has 0 aromatic heterocycles. The monoisotopic (exact) mass is 422 g/mol. The van der Waals surface area contributed by atoms with E-state index in [-0.39, 0.29) is 0 Å². The minimum absolute atomic E-state index is 0.325. The van der Waals surface area contributed by atoms with Gasteiger partial charge in [0.25, 0.3) is 5.91 Å². The number of amides is 1. The molecule has 2 rings (SSSR count). The van der Waals surface area contributed by atoms with Gasteiger partial charge >= 0.3 is 5.97 Å². The van der Waals surface area contributed by atoms with Crippen LogP contribution in [0.4, 0.5) is 5.69 Å². The van der Waals surface area contributed by atoms with Crippen molar-refractivity contribution in [3.8, 4) is 17.6 Å². The SMILES string of the molecule is CCCOc1ccc(/C=C/C(=O)OC(C)C(=O)Nc2ccccc2C#N)cc1OCC. The Morgan fingerprint density at radius 1 is 1.13 bits per heavy atom. The van der Waals surface area contributed by atoms with Crippen LogP contribution in [0.15, 0.2) is 48.5 Å². The first kappa shape index (κ1) is 23.5. The van der Waals surface area contributed by atoms with E-state index in [2.05, 4.69) is 5.32 Å². The van der Waals surface area contributed by atoms with Crippen LogP contribution in [0.1, 0.15) is 38.3 Å². The summed E-state index contributed by atoms with van der Waals surface area (Å²) in [6.45, 7) is 6.43. The second-order valence-corrected chi connectivity index (χ2v) is 6.55. The van der Waals surface area contributed by atoms with Gasteiger partial charge in [-0.3, -0.25) is 4.79 Å². The second-order valence-electron chi connectivity index (χ2n) is 6.55. The topological polar surface area (TPSA) is 97.6 Å². The third kappa shape index (κ3) is 7.19. The summed E-state index contributed by atoms with van der Waals surface area (Å²) in [6.07, 6.45) is 2.66. The van der Waals surface area contributed by atoms with Gasteiger partial charge in [0.15, 0.2) is 17.6 Å². The molecule has 2 aromatic rings. The number of carbonyl (C=O) groups excluding carboxylic acids is 2. The highest BCUT2D eigenvalue weighted by atomic mass is 16.5. The van der Waals surface area contributed by atoms with Crippen molar-refractivity contribution in [1.29, 1.82) is 5.26 Å². The smallest absolute Gasteiger partial charge is 0.331 e. The number of anilines is 1. The largest absolute Gasteiger partial charge is 0.490 e. The Bertz CT molecular complexity index is 978. The summed E-state index contributed by atoms with van der Waals surface area (Å²) in [6, 6.07) is 13.9. The molecular formula is C24H26N2O5. The highest BCUT2D eigenvalue weighted by Crippen LogP contribution is 2.29. The molecule has 0 fully saturated rings. The fraction of sp³-hybridized carbons (Fsp3) is 0.292. The molecule has 0 aliphatic rings. The summed E-state index contributed by atoms with van der Waals surface area (Å²) in [5.41, 5.74) is 1.41. The van der Waals surface area contributed by atoms with Crippen LogP contribution in [0.5, 0.6) is 11.5 Å². The highest BCUT2D eigenvalue weighted by molar-refractivity contribution is 5.97. The summed E-state index contributed by atoms with van der Waals surface area (Å²) >= 11 is 0. The molecule has 0 saturated heterocycles. The maximum Gasteiger partial charge on any atom is 0.331 e. The number of hydrogen-bond acceptors (Lipinski definition) is 6. The Kier molecular flexibility index (Phi) is 9.12. The molecule has 7 heteroatoms. The zero-order valence-electron chi connectivity index (χ0n) is 17.9. The van der Waals surface area contributed by atoms with E-state index in [9.17, 15) is 9.59 Å². The van der Waals surface area contributed by atoms with Crippen LogP contribution >= 0.6 is 0 Å². The Balaban J connectivity index is 1.98. The average Bonchev–Trinajstić information content (AvgIpc) is 2.77. The number of hydrogen-bond donors (Lipinski definition) is 1. The van der Waals surface area contributed by atoms with Crippen LogP contribution in [0.3, 0.4) is 0 Å². The molecule has 0 heterocycles. The molecule has 0 radical (unpaired) electrons. The number of carbonyl (C=O) groups is 2. The average molecular weight is 422 g/mol. The zero-order chi connectivity index (χ0) is 22.6. The molecule has 1 atom stereocenters. The van der Waals surface area contributed by atoms with Crippen molar-refractivity contribution < 1.29 is 23.8 Å². The normalized spacial score (nSPS) is 11.4. The number of nitrogens with one attached hydrogen (secondary N) is 1. The Morgan fingerprint density at radius 3 is 2.61 bits per heavy atom. The van der Waals surface area contributed by atoms with E-state index in [4.69, 9.17) is 19.5 Å². The first-order valence-corrected chi connectivity index (χ1v) is 10.1. The predicted molar refractivity (Wildman–Crippen MR) is 118 cm³/mol. The number of rotatable bonds is 10. The molecule has 0 aliphatic heterocycles. The van der Waals surface area contributed by atoms with E-state index in [1.807, 2.05) is 19.9 Å². The van der Waals surface area contributed by atoms with Crippen LogP contribution in [0.25, 0.3) is 6.08 Å². The lowest BCUT2D eigenvalue weighted by Crippen LogP contribution is -2.29.